The minimum absolute atomic E-state index is 0.0663. The van der Waals surface area contributed by atoms with E-state index in [4.69, 9.17) is 5.73 Å². The average Bonchev–Trinajstić information content (AvgIpc) is 2.43. The molecule has 6 heteroatoms. The molecule has 0 bridgehead atoms. The molecule has 1 amide bonds. The van der Waals surface area contributed by atoms with Crippen molar-refractivity contribution in [3.8, 4) is 0 Å². The zero-order valence-corrected chi connectivity index (χ0v) is 13.5. The van der Waals surface area contributed by atoms with E-state index in [2.05, 4.69) is 26.2 Å². The number of aliphatic imine (C=N–C) groups is 1. The molecule has 0 fully saturated rings. The molecule has 0 atom stereocenters. The van der Waals surface area contributed by atoms with Crippen molar-refractivity contribution in [3.63, 3.8) is 0 Å². The Balaban J connectivity index is 2.40. The molecule has 1 aromatic carbocycles. The van der Waals surface area contributed by atoms with E-state index in [1.807, 2.05) is 43.0 Å². The largest absolute Gasteiger partial charge is 0.370 e. The molecule has 1 aromatic rings. The second-order valence-corrected chi connectivity index (χ2v) is 5.13. The van der Waals surface area contributed by atoms with E-state index in [0.717, 1.165) is 23.2 Å². The lowest BCUT2D eigenvalue weighted by Gasteiger charge is -2.19. The van der Waals surface area contributed by atoms with Crippen LogP contribution in [0.5, 0.6) is 0 Å². The summed E-state index contributed by atoms with van der Waals surface area (Å²) in [6.07, 6.45) is 0.317. The monoisotopic (exact) mass is 340 g/mol. The van der Waals surface area contributed by atoms with Crippen LogP contribution in [0.2, 0.25) is 0 Å². The number of nitrogens with zero attached hydrogens (tertiary/aromatic N) is 2. The van der Waals surface area contributed by atoms with Crippen LogP contribution in [-0.4, -0.2) is 36.4 Å². The number of rotatable bonds is 6. The van der Waals surface area contributed by atoms with Crippen molar-refractivity contribution >= 4 is 33.5 Å². The van der Waals surface area contributed by atoms with Crippen LogP contribution in [0.25, 0.3) is 0 Å². The number of amides is 1. The van der Waals surface area contributed by atoms with E-state index >= 15 is 0 Å². The van der Waals surface area contributed by atoms with Crippen LogP contribution in [0.1, 0.15) is 20.3 Å². The predicted octanol–water partition coefficient (Wildman–Crippen LogP) is 2.43. The van der Waals surface area contributed by atoms with Crippen LogP contribution in [-0.2, 0) is 4.79 Å². The average molecular weight is 341 g/mol. The zero-order chi connectivity index (χ0) is 15.0. The Morgan fingerprint density at radius 3 is 2.45 bits per heavy atom. The number of hydrogen-bond acceptors (Lipinski definition) is 2. The molecule has 0 saturated carbocycles. The van der Waals surface area contributed by atoms with Gasteiger partial charge < -0.3 is 16.0 Å². The summed E-state index contributed by atoms with van der Waals surface area (Å²) in [5, 5.41) is 2.82. The molecular formula is C14H21BrN4O. The first-order valence-electron chi connectivity index (χ1n) is 6.67. The minimum atomic E-state index is -0.0663. The molecule has 1 rings (SSSR count). The van der Waals surface area contributed by atoms with Crippen molar-refractivity contribution < 1.29 is 4.79 Å². The third-order valence-electron chi connectivity index (χ3n) is 2.83. The van der Waals surface area contributed by atoms with Gasteiger partial charge in [0.25, 0.3) is 0 Å². The molecule has 0 aromatic heterocycles. The third-order valence-corrected chi connectivity index (χ3v) is 3.36. The van der Waals surface area contributed by atoms with Crippen LogP contribution in [0.4, 0.5) is 5.69 Å². The molecule has 0 unspecified atom stereocenters. The van der Waals surface area contributed by atoms with E-state index in [1.54, 1.807) is 0 Å². The Kier molecular flexibility index (Phi) is 7.08. The second-order valence-electron chi connectivity index (χ2n) is 4.22. The van der Waals surface area contributed by atoms with Gasteiger partial charge >= 0.3 is 0 Å². The summed E-state index contributed by atoms with van der Waals surface area (Å²) in [6.45, 7) is 6.07. The van der Waals surface area contributed by atoms with Gasteiger partial charge in [-0.3, -0.25) is 9.79 Å². The van der Waals surface area contributed by atoms with Crippen LogP contribution < -0.4 is 11.1 Å². The standard InChI is InChI=1S/C14H21BrN4O/c1-3-19(4-2)14(16)17-10-9-13(20)18-12-7-5-11(15)6-8-12/h5-8H,3-4,9-10H2,1-2H3,(H2,16,17)(H,18,20). The normalized spacial score (nSPS) is 11.2. The second kappa shape index (κ2) is 8.58. The summed E-state index contributed by atoms with van der Waals surface area (Å²) >= 11 is 3.35. The highest BCUT2D eigenvalue weighted by Crippen LogP contribution is 2.14. The van der Waals surface area contributed by atoms with Crippen molar-refractivity contribution in [2.75, 3.05) is 25.0 Å². The van der Waals surface area contributed by atoms with Crippen molar-refractivity contribution in [1.29, 1.82) is 0 Å². The zero-order valence-electron chi connectivity index (χ0n) is 11.9. The van der Waals surface area contributed by atoms with E-state index in [1.165, 1.54) is 0 Å². The van der Waals surface area contributed by atoms with E-state index in [0.29, 0.717) is 18.9 Å². The number of carbonyl (C=O) groups excluding carboxylic acids is 1. The van der Waals surface area contributed by atoms with Crippen LogP contribution in [0.3, 0.4) is 0 Å². The topological polar surface area (TPSA) is 70.7 Å². The van der Waals surface area contributed by atoms with Crippen molar-refractivity contribution in [2.45, 2.75) is 20.3 Å². The minimum Gasteiger partial charge on any atom is -0.370 e. The van der Waals surface area contributed by atoms with Gasteiger partial charge in [0.15, 0.2) is 5.96 Å². The maximum atomic E-state index is 11.7. The molecule has 110 valence electrons. The number of carbonyl (C=O) groups is 1. The molecule has 0 saturated heterocycles. The third kappa shape index (κ3) is 5.61. The number of anilines is 1. The van der Waals surface area contributed by atoms with Crippen molar-refractivity contribution in [1.82, 2.24) is 4.90 Å². The summed E-state index contributed by atoms with van der Waals surface area (Å²) in [6, 6.07) is 7.45. The fraction of sp³-hybridized carbons (Fsp3) is 0.429. The Labute approximate surface area is 128 Å². The SMILES string of the molecule is CCN(CC)C(N)=NCCC(=O)Nc1ccc(Br)cc1. The van der Waals surface area contributed by atoms with E-state index < -0.39 is 0 Å². The van der Waals surface area contributed by atoms with E-state index in [9.17, 15) is 4.79 Å². The first kappa shape index (κ1) is 16.5. The highest BCUT2D eigenvalue weighted by molar-refractivity contribution is 9.10. The van der Waals surface area contributed by atoms with Crippen molar-refractivity contribution in [2.24, 2.45) is 10.7 Å². The van der Waals surface area contributed by atoms with Gasteiger partial charge in [-0.05, 0) is 38.1 Å². The molecule has 0 radical (unpaired) electrons. The molecule has 0 aliphatic carbocycles. The van der Waals surface area contributed by atoms with Gasteiger partial charge in [0, 0.05) is 29.7 Å². The molecule has 0 heterocycles. The lowest BCUT2D eigenvalue weighted by atomic mass is 10.3. The van der Waals surface area contributed by atoms with E-state index in [-0.39, 0.29) is 5.91 Å². The van der Waals surface area contributed by atoms with Gasteiger partial charge in [-0.1, -0.05) is 15.9 Å². The Hall–Kier alpha value is -1.56. The molecule has 20 heavy (non-hydrogen) atoms. The highest BCUT2D eigenvalue weighted by atomic mass is 79.9. The summed E-state index contributed by atoms with van der Waals surface area (Å²) < 4.78 is 0.979. The molecule has 0 spiro atoms. The van der Waals surface area contributed by atoms with Crippen LogP contribution >= 0.6 is 15.9 Å². The van der Waals surface area contributed by atoms with Gasteiger partial charge in [-0.15, -0.1) is 0 Å². The van der Waals surface area contributed by atoms with Crippen LogP contribution in [0, 0.1) is 0 Å². The summed E-state index contributed by atoms with van der Waals surface area (Å²) in [5.74, 6) is 0.426. The smallest absolute Gasteiger partial charge is 0.226 e. The molecular weight excluding hydrogens is 320 g/mol. The maximum absolute atomic E-state index is 11.7. The number of nitrogens with two attached hydrogens (primary N) is 1. The number of hydrogen-bond donors (Lipinski definition) is 2. The molecule has 0 aliphatic heterocycles. The predicted molar refractivity (Wildman–Crippen MR) is 86.8 cm³/mol. The lowest BCUT2D eigenvalue weighted by molar-refractivity contribution is -0.116. The van der Waals surface area contributed by atoms with Crippen LogP contribution in [0.15, 0.2) is 33.7 Å². The summed E-state index contributed by atoms with van der Waals surface area (Å²) in [4.78, 5) is 17.9. The number of benzene rings is 1. The Morgan fingerprint density at radius 1 is 1.30 bits per heavy atom. The lowest BCUT2D eigenvalue weighted by Crippen LogP contribution is -2.37. The molecule has 3 N–H and O–H groups in total. The maximum Gasteiger partial charge on any atom is 0.226 e. The first-order chi connectivity index (χ1) is 9.56. The summed E-state index contributed by atoms with van der Waals surface area (Å²) in [5.41, 5.74) is 6.61. The van der Waals surface area contributed by atoms with Gasteiger partial charge in [-0.2, -0.15) is 0 Å². The van der Waals surface area contributed by atoms with Gasteiger partial charge in [0.1, 0.15) is 0 Å². The quantitative estimate of drug-likeness (QED) is 0.617. The summed E-state index contributed by atoms with van der Waals surface area (Å²) in [7, 11) is 0. The van der Waals surface area contributed by atoms with Gasteiger partial charge in [0.05, 0.1) is 6.54 Å². The fourth-order valence-electron chi connectivity index (χ4n) is 1.68. The Morgan fingerprint density at radius 2 is 1.90 bits per heavy atom. The first-order valence-corrected chi connectivity index (χ1v) is 7.46. The molecule has 5 nitrogen and oxygen atoms in total. The number of nitrogens with one attached hydrogen (secondary N) is 1. The van der Waals surface area contributed by atoms with Gasteiger partial charge in [0.2, 0.25) is 5.91 Å². The number of guanidine groups is 1. The highest BCUT2D eigenvalue weighted by Gasteiger charge is 2.04. The van der Waals surface area contributed by atoms with Gasteiger partial charge in [-0.25, -0.2) is 0 Å². The fourth-order valence-corrected chi connectivity index (χ4v) is 1.94. The van der Waals surface area contributed by atoms with Crippen molar-refractivity contribution in [3.05, 3.63) is 28.7 Å². The Bertz CT molecular complexity index is 455. The molecule has 0 aliphatic rings. The number of halogens is 1.